The molecule has 0 bridgehead atoms. The van der Waals surface area contributed by atoms with Crippen molar-refractivity contribution in [2.24, 2.45) is 0 Å². The first kappa shape index (κ1) is 12.4. The number of benzene rings is 1. The average Bonchev–Trinajstić information content (AvgIpc) is 2.47. The second kappa shape index (κ2) is 5.17. The van der Waals surface area contributed by atoms with Crippen molar-refractivity contribution in [2.75, 3.05) is 19.0 Å². The summed E-state index contributed by atoms with van der Waals surface area (Å²) in [6.45, 7) is 0.627. The van der Waals surface area contributed by atoms with Gasteiger partial charge >= 0.3 is 0 Å². The third-order valence-electron chi connectivity index (χ3n) is 3.24. The molecule has 0 fully saturated rings. The van der Waals surface area contributed by atoms with E-state index in [1.165, 1.54) is 5.56 Å². The molecular formula is C14H14BrN3O. The zero-order valence-corrected chi connectivity index (χ0v) is 12.1. The smallest absolute Gasteiger partial charge is 0.143 e. The number of anilines is 1. The van der Waals surface area contributed by atoms with E-state index in [4.69, 9.17) is 4.74 Å². The number of hydrogen-bond acceptors (Lipinski definition) is 4. The van der Waals surface area contributed by atoms with Crippen LogP contribution in [0.4, 0.5) is 5.82 Å². The normalized spacial score (nSPS) is 17.5. The Morgan fingerprint density at radius 1 is 1.37 bits per heavy atom. The number of fused-ring (bicyclic) bond motifs is 1. The Morgan fingerprint density at radius 3 is 3.05 bits per heavy atom. The topological polar surface area (TPSA) is 47.0 Å². The van der Waals surface area contributed by atoms with Crippen LogP contribution in [0.2, 0.25) is 0 Å². The number of nitrogens with one attached hydrogen (secondary N) is 1. The average molecular weight is 320 g/mol. The molecule has 1 aromatic carbocycles. The van der Waals surface area contributed by atoms with Gasteiger partial charge in [-0.3, -0.25) is 0 Å². The van der Waals surface area contributed by atoms with Crippen molar-refractivity contribution in [1.29, 1.82) is 0 Å². The van der Waals surface area contributed by atoms with Gasteiger partial charge in [0.15, 0.2) is 0 Å². The number of aromatic nitrogens is 2. The van der Waals surface area contributed by atoms with E-state index in [1.807, 2.05) is 25.2 Å². The summed E-state index contributed by atoms with van der Waals surface area (Å²) in [6, 6.07) is 8.13. The molecule has 0 spiro atoms. The molecule has 0 amide bonds. The largest absolute Gasteiger partial charge is 0.493 e. The highest BCUT2D eigenvalue weighted by Crippen LogP contribution is 2.31. The third kappa shape index (κ3) is 2.42. The molecule has 4 nitrogen and oxygen atoms in total. The molecule has 2 aromatic rings. The lowest BCUT2D eigenvalue weighted by Crippen LogP contribution is -2.21. The van der Waals surface area contributed by atoms with Crippen LogP contribution in [0.3, 0.4) is 0 Å². The molecule has 1 aliphatic heterocycles. The van der Waals surface area contributed by atoms with E-state index < -0.39 is 0 Å². The molecule has 0 saturated heterocycles. The van der Waals surface area contributed by atoms with Crippen molar-refractivity contribution in [3.8, 4) is 5.75 Å². The van der Waals surface area contributed by atoms with Gasteiger partial charge in [0.25, 0.3) is 0 Å². The van der Waals surface area contributed by atoms with Crippen molar-refractivity contribution in [2.45, 2.75) is 12.3 Å². The number of rotatable bonds is 2. The van der Waals surface area contributed by atoms with Gasteiger partial charge in [-0.25, -0.2) is 9.97 Å². The first-order chi connectivity index (χ1) is 9.28. The van der Waals surface area contributed by atoms with Gasteiger partial charge in [-0.15, -0.1) is 0 Å². The fourth-order valence-electron chi connectivity index (χ4n) is 2.25. The molecule has 1 aliphatic rings. The SMILES string of the molecule is CNc1nc(C2COc3ccccc3C2)ncc1Br. The van der Waals surface area contributed by atoms with Crippen LogP contribution in [0.15, 0.2) is 34.9 Å². The second-order valence-corrected chi connectivity index (χ2v) is 5.35. The number of ether oxygens (including phenoxy) is 1. The van der Waals surface area contributed by atoms with Crippen LogP contribution in [0.1, 0.15) is 17.3 Å². The maximum absolute atomic E-state index is 5.78. The van der Waals surface area contributed by atoms with Gasteiger partial charge in [0, 0.05) is 13.2 Å². The lowest BCUT2D eigenvalue weighted by molar-refractivity contribution is 0.258. The zero-order chi connectivity index (χ0) is 13.2. The highest BCUT2D eigenvalue weighted by molar-refractivity contribution is 9.10. The number of para-hydroxylation sites is 1. The molecular weight excluding hydrogens is 306 g/mol. The summed E-state index contributed by atoms with van der Waals surface area (Å²) in [4.78, 5) is 8.94. The van der Waals surface area contributed by atoms with Gasteiger partial charge in [0.1, 0.15) is 17.4 Å². The Balaban J connectivity index is 1.89. The van der Waals surface area contributed by atoms with E-state index in [-0.39, 0.29) is 5.92 Å². The van der Waals surface area contributed by atoms with Crippen molar-refractivity contribution >= 4 is 21.7 Å². The molecule has 19 heavy (non-hydrogen) atoms. The molecule has 98 valence electrons. The molecule has 1 atom stereocenters. The molecule has 3 rings (SSSR count). The molecule has 2 heterocycles. The molecule has 1 aromatic heterocycles. The summed E-state index contributed by atoms with van der Waals surface area (Å²) in [5.41, 5.74) is 1.22. The minimum atomic E-state index is 0.204. The maximum atomic E-state index is 5.78. The first-order valence-electron chi connectivity index (χ1n) is 6.19. The van der Waals surface area contributed by atoms with Crippen LogP contribution in [0, 0.1) is 0 Å². The fraction of sp³-hybridized carbons (Fsp3) is 0.286. The summed E-state index contributed by atoms with van der Waals surface area (Å²) >= 11 is 3.42. The standard InChI is InChI=1S/C14H14BrN3O/c1-16-14-11(15)7-17-13(18-14)10-6-9-4-2-3-5-12(9)19-8-10/h2-5,7,10H,6,8H2,1H3,(H,16,17,18). The van der Waals surface area contributed by atoms with Crippen molar-refractivity contribution in [3.05, 3.63) is 46.3 Å². The van der Waals surface area contributed by atoms with E-state index in [1.54, 1.807) is 6.20 Å². The predicted molar refractivity (Wildman–Crippen MR) is 77.7 cm³/mol. The Kier molecular flexibility index (Phi) is 3.38. The van der Waals surface area contributed by atoms with Crippen LogP contribution in [-0.4, -0.2) is 23.6 Å². The van der Waals surface area contributed by atoms with Crippen LogP contribution < -0.4 is 10.1 Å². The fourth-order valence-corrected chi connectivity index (χ4v) is 2.64. The molecule has 0 aliphatic carbocycles. The number of hydrogen-bond donors (Lipinski definition) is 1. The van der Waals surface area contributed by atoms with Crippen molar-refractivity contribution < 1.29 is 4.74 Å². The monoisotopic (exact) mass is 319 g/mol. The minimum absolute atomic E-state index is 0.204. The summed E-state index contributed by atoms with van der Waals surface area (Å²) in [7, 11) is 1.85. The van der Waals surface area contributed by atoms with Crippen molar-refractivity contribution in [3.63, 3.8) is 0 Å². The first-order valence-corrected chi connectivity index (χ1v) is 6.98. The van der Waals surface area contributed by atoms with Crippen LogP contribution >= 0.6 is 15.9 Å². The van der Waals surface area contributed by atoms with Gasteiger partial charge in [0.2, 0.25) is 0 Å². The Hall–Kier alpha value is -1.62. The lowest BCUT2D eigenvalue weighted by atomic mass is 9.96. The van der Waals surface area contributed by atoms with E-state index in [0.717, 1.165) is 28.3 Å². The van der Waals surface area contributed by atoms with Gasteiger partial charge in [-0.05, 0) is 34.0 Å². The lowest BCUT2D eigenvalue weighted by Gasteiger charge is -2.24. The summed E-state index contributed by atoms with van der Waals surface area (Å²) < 4.78 is 6.65. The maximum Gasteiger partial charge on any atom is 0.143 e. The van der Waals surface area contributed by atoms with Gasteiger partial charge in [-0.2, -0.15) is 0 Å². The highest BCUT2D eigenvalue weighted by Gasteiger charge is 2.23. The minimum Gasteiger partial charge on any atom is -0.493 e. The van der Waals surface area contributed by atoms with Gasteiger partial charge in [0.05, 0.1) is 17.0 Å². The van der Waals surface area contributed by atoms with E-state index >= 15 is 0 Å². The quantitative estimate of drug-likeness (QED) is 0.924. The Labute approximate surface area is 120 Å². The molecule has 1 N–H and O–H groups in total. The summed E-state index contributed by atoms with van der Waals surface area (Å²) in [5, 5.41) is 3.06. The molecule has 5 heteroatoms. The predicted octanol–water partition coefficient (Wildman–Crippen LogP) is 3.00. The molecule has 1 unspecified atom stereocenters. The molecule has 0 saturated carbocycles. The second-order valence-electron chi connectivity index (χ2n) is 4.49. The number of nitrogens with zero attached hydrogens (tertiary/aromatic N) is 2. The highest BCUT2D eigenvalue weighted by atomic mass is 79.9. The van der Waals surface area contributed by atoms with Crippen molar-refractivity contribution in [1.82, 2.24) is 9.97 Å². The van der Waals surface area contributed by atoms with Crippen LogP contribution in [0.25, 0.3) is 0 Å². The van der Waals surface area contributed by atoms with E-state index in [2.05, 4.69) is 37.3 Å². The number of halogens is 1. The Bertz CT molecular complexity index is 603. The summed E-state index contributed by atoms with van der Waals surface area (Å²) in [6.07, 6.45) is 2.70. The van der Waals surface area contributed by atoms with Gasteiger partial charge in [-0.1, -0.05) is 18.2 Å². The van der Waals surface area contributed by atoms with E-state index in [0.29, 0.717) is 6.61 Å². The summed E-state index contributed by atoms with van der Waals surface area (Å²) in [5.74, 6) is 2.81. The Morgan fingerprint density at radius 2 is 2.21 bits per heavy atom. The van der Waals surface area contributed by atoms with Crippen LogP contribution in [-0.2, 0) is 6.42 Å². The van der Waals surface area contributed by atoms with E-state index in [9.17, 15) is 0 Å². The third-order valence-corrected chi connectivity index (χ3v) is 3.82. The van der Waals surface area contributed by atoms with Gasteiger partial charge < -0.3 is 10.1 Å². The zero-order valence-electron chi connectivity index (χ0n) is 10.6. The van der Waals surface area contributed by atoms with Crippen LogP contribution in [0.5, 0.6) is 5.75 Å². The molecule has 0 radical (unpaired) electrons.